The van der Waals surface area contributed by atoms with E-state index < -0.39 is 15.3 Å². The summed E-state index contributed by atoms with van der Waals surface area (Å²) in [6, 6.07) is 0. The van der Waals surface area contributed by atoms with Crippen LogP contribution in [0.2, 0.25) is 19.6 Å². The van der Waals surface area contributed by atoms with Crippen LogP contribution >= 0.6 is 7.05 Å². The van der Waals surface area contributed by atoms with Gasteiger partial charge in [-0.3, -0.25) is 0 Å². The van der Waals surface area contributed by atoms with Crippen LogP contribution in [-0.2, 0) is 0 Å². The van der Waals surface area contributed by atoms with Gasteiger partial charge in [-0.05, 0) is 17.4 Å². The quantitative estimate of drug-likeness (QED) is 0.350. The van der Waals surface area contributed by atoms with Gasteiger partial charge in [-0.25, -0.2) is 0 Å². The van der Waals surface area contributed by atoms with Gasteiger partial charge in [-0.1, -0.05) is 67.3 Å². The minimum atomic E-state index is -1.42. The first-order valence-corrected chi connectivity index (χ1v) is 11.9. The van der Waals surface area contributed by atoms with Crippen LogP contribution in [0.15, 0.2) is 17.1 Å². The Labute approximate surface area is 110 Å². The predicted octanol–water partition coefficient (Wildman–Crippen LogP) is 5.81. The van der Waals surface area contributed by atoms with Crippen LogP contribution < -0.4 is 0 Å². The van der Waals surface area contributed by atoms with Crippen LogP contribution in [0.4, 0.5) is 0 Å². The van der Waals surface area contributed by atoms with Crippen molar-refractivity contribution in [1.82, 2.24) is 0 Å². The summed E-state index contributed by atoms with van der Waals surface area (Å²) < 4.78 is 5.45. The third-order valence-corrected chi connectivity index (χ3v) is 12.1. The molecule has 0 fully saturated rings. The molecule has 0 saturated heterocycles. The molecule has 0 bridgehead atoms. The largest absolute Gasteiger partial charge is 0.337 e. The fourth-order valence-electron chi connectivity index (χ4n) is 2.59. The Bertz CT molecular complexity index is 306. The second-order valence-corrected chi connectivity index (χ2v) is 17.6. The Hall–Kier alpha value is 0.187. The second kappa shape index (κ2) is 5.05. The Balaban J connectivity index is 6.15. The zero-order chi connectivity index (χ0) is 14.1. The summed E-state index contributed by atoms with van der Waals surface area (Å²) in [5.41, 5.74) is 0. The van der Waals surface area contributed by atoms with Crippen LogP contribution in [0.5, 0.6) is 0 Å². The maximum atomic E-state index is 5.45. The van der Waals surface area contributed by atoms with Crippen molar-refractivity contribution < 1.29 is 0 Å². The number of hydrogen-bond donors (Lipinski definition) is 0. The molecule has 102 valence electrons. The van der Waals surface area contributed by atoms with Crippen molar-refractivity contribution in [3.05, 3.63) is 12.7 Å². The van der Waals surface area contributed by atoms with Gasteiger partial charge in [0.05, 0.1) is 0 Å². The molecule has 0 aromatic rings. The first-order chi connectivity index (χ1) is 7.27. The summed E-state index contributed by atoms with van der Waals surface area (Å²) in [6.07, 6.45) is 3.16. The van der Waals surface area contributed by atoms with Gasteiger partial charge in [0, 0.05) is 6.16 Å². The minimum Gasteiger partial charge on any atom is -0.337 e. The van der Waals surface area contributed by atoms with Crippen LogP contribution in [0, 0.1) is 0 Å². The Morgan fingerprint density at radius 2 is 1.35 bits per heavy atom. The van der Waals surface area contributed by atoms with Crippen molar-refractivity contribution in [2.24, 2.45) is 4.41 Å². The van der Waals surface area contributed by atoms with E-state index >= 15 is 0 Å². The molecule has 0 aromatic heterocycles. The van der Waals surface area contributed by atoms with E-state index in [-0.39, 0.29) is 10.3 Å². The lowest BCUT2D eigenvalue weighted by atomic mass is 10.2. The molecule has 0 aliphatic heterocycles. The van der Waals surface area contributed by atoms with Gasteiger partial charge in [0.2, 0.25) is 0 Å². The molecule has 0 saturated carbocycles. The van der Waals surface area contributed by atoms with Gasteiger partial charge in [-0.15, -0.1) is 6.58 Å². The molecule has 3 heteroatoms. The number of allylic oxidation sites excluding steroid dienone is 1. The van der Waals surface area contributed by atoms with Crippen LogP contribution in [0.1, 0.15) is 41.5 Å². The SMILES string of the molecule is C=CCP(=N[Si](C)(C)C)(C(C)(C)C)C(C)(C)C. The summed E-state index contributed by atoms with van der Waals surface area (Å²) in [4.78, 5) is 0. The van der Waals surface area contributed by atoms with Crippen molar-refractivity contribution in [3.63, 3.8) is 0 Å². The Morgan fingerprint density at radius 3 is 1.53 bits per heavy atom. The second-order valence-electron chi connectivity index (χ2n) is 7.85. The van der Waals surface area contributed by atoms with E-state index in [1.54, 1.807) is 0 Å². The molecular formula is C14H32NPSi. The molecule has 0 atom stereocenters. The fraction of sp³-hybridized carbons (Fsp3) is 0.857. The smallest absolute Gasteiger partial charge is 0.170 e. The van der Waals surface area contributed by atoms with E-state index in [0.29, 0.717) is 0 Å². The maximum Gasteiger partial charge on any atom is 0.170 e. The first kappa shape index (κ1) is 17.2. The third kappa shape index (κ3) is 4.10. The predicted molar refractivity (Wildman–Crippen MR) is 87.3 cm³/mol. The summed E-state index contributed by atoms with van der Waals surface area (Å²) in [5.74, 6) is 0. The van der Waals surface area contributed by atoms with Crippen LogP contribution in [0.25, 0.3) is 0 Å². The Kier molecular flexibility index (Phi) is 5.11. The van der Waals surface area contributed by atoms with Crippen LogP contribution in [0.3, 0.4) is 0 Å². The zero-order valence-corrected chi connectivity index (χ0v) is 15.3. The van der Waals surface area contributed by atoms with Crippen molar-refractivity contribution >= 4 is 15.3 Å². The van der Waals surface area contributed by atoms with Gasteiger partial charge in [-0.2, -0.15) is 0 Å². The molecule has 0 heterocycles. The fourth-order valence-corrected chi connectivity index (χ4v) is 12.9. The lowest BCUT2D eigenvalue weighted by Crippen LogP contribution is -2.33. The highest BCUT2D eigenvalue weighted by Gasteiger charge is 2.43. The summed E-state index contributed by atoms with van der Waals surface area (Å²) in [6.45, 7) is 25.2. The van der Waals surface area contributed by atoms with E-state index in [4.69, 9.17) is 4.41 Å². The summed E-state index contributed by atoms with van der Waals surface area (Å²) >= 11 is 0. The van der Waals surface area contributed by atoms with Crippen molar-refractivity contribution in [3.8, 4) is 0 Å². The van der Waals surface area contributed by atoms with Crippen molar-refractivity contribution in [2.45, 2.75) is 71.5 Å². The maximum absolute atomic E-state index is 5.45. The van der Waals surface area contributed by atoms with Gasteiger partial charge in [0.15, 0.2) is 8.24 Å². The molecule has 0 spiro atoms. The molecule has 17 heavy (non-hydrogen) atoms. The highest BCUT2D eigenvalue weighted by atomic mass is 31.2. The van der Waals surface area contributed by atoms with Crippen LogP contribution in [-0.4, -0.2) is 24.7 Å². The molecule has 0 aliphatic rings. The molecule has 0 aliphatic carbocycles. The van der Waals surface area contributed by atoms with Gasteiger partial charge in [0.1, 0.15) is 0 Å². The molecule has 0 aromatic carbocycles. The average molecular weight is 273 g/mol. The zero-order valence-electron chi connectivity index (χ0n) is 13.4. The van der Waals surface area contributed by atoms with E-state index in [1.807, 2.05) is 0 Å². The van der Waals surface area contributed by atoms with E-state index in [2.05, 4.69) is 73.8 Å². The first-order valence-electron chi connectivity index (χ1n) is 6.50. The van der Waals surface area contributed by atoms with E-state index in [1.165, 1.54) is 0 Å². The monoisotopic (exact) mass is 273 g/mol. The number of nitrogens with zero attached hydrogens (tertiary/aromatic N) is 1. The number of hydrogen-bond acceptors (Lipinski definition) is 1. The molecule has 1 nitrogen and oxygen atoms in total. The third-order valence-electron chi connectivity index (χ3n) is 3.08. The normalized spacial score (nSPS) is 14.6. The van der Waals surface area contributed by atoms with Crippen molar-refractivity contribution in [1.29, 1.82) is 0 Å². The molecule has 0 unspecified atom stereocenters. The highest BCUT2D eigenvalue weighted by Crippen LogP contribution is 2.70. The van der Waals surface area contributed by atoms with E-state index in [0.717, 1.165) is 6.16 Å². The van der Waals surface area contributed by atoms with Gasteiger partial charge < -0.3 is 4.41 Å². The van der Waals surface area contributed by atoms with Gasteiger partial charge >= 0.3 is 0 Å². The average Bonchev–Trinajstić information content (AvgIpc) is 1.96. The van der Waals surface area contributed by atoms with Gasteiger partial charge in [0.25, 0.3) is 0 Å². The molecular weight excluding hydrogens is 241 g/mol. The van der Waals surface area contributed by atoms with Crippen molar-refractivity contribution in [2.75, 3.05) is 6.16 Å². The lowest BCUT2D eigenvalue weighted by molar-refractivity contribution is 0.696. The molecule has 0 N–H and O–H groups in total. The standard InChI is InChI=1S/C14H32NPSi/c1-11-12-16(13(2,3)4,14(5,6)7)15-17(8,9)10/h11H,1,12H2,2-10H3. The summed E-state index contributed by atoms with van der Waals surface area (Å²) in [7, 11) is -2.84. The highest BCUT2D eigenvalue weighted by molar-refractivity contribution is 7.70. The summed E-state index contributed by atoms with van der Waals surface area (Å²) in [5, 5.41) is 0.527. The number of rotatable bonds is 3. The molecule has 0 radical (unpaired) electrons. The minimum absolute atomic E-state index is 0.264. The lowest BCUT2D eigenvalue weighted by Gasteiger charge is -2.48. The molecule has 0 rings (SSSR count). The van der Waals surface area contributed by atoms with E-state index in [9.17, 15) is 0 Å². The topological polar surface area (TPSA) is 12.4 Å². The Morgan fingerprint density at radius 1 is 1.00 bits per heavy atom. The molecule has 0 amide bonds.